The number of pyridine rings is 1. The van der Waals surface area contributed by atoms with E-state index in [9.17, 15) is 4.39 Å². The third kappa shape index (κ3) is 2.58. The predicted octanol–water partition coefficient (Wildman–Crippen LogP) is 4.93. The third-order valence-electron chi connectivity index (χ3n) is 2.73. The molecule has 3 rings (SSSR count). The van der Waals surface area contributed by atoms with Crippen molar-refractivity contribution in [2.75, 3.05) is 0 Å². The predicted molar refractivity (Wildman–Crippen MR) is 75.9 cm³/mol. The number of aromatic nitrogens is 1. The Balaban J connectivity index is 2.05. The van der Waals surface area contributed by atoms with E-state index in [4.69, 9.17) is 4.74 Å². The second-order valence-electron chi connectivity index (χ2n) is 4.06. The van der Waals surface area contributed by atoms with Crippen LogP contribution in [-0.2, 0) is 0 Å². The molecule has 0 atom stereocenters. The Hall–Kier alpha value is -1.94. The van der Waals surface area contributed by atoms with Crippen LogP contribution in [0.5, 0.6) is 11.5 Å². The zero-order valence-electron chi connectivity index (χ0n) is 9.81. The average Bonchev–Trinajstić information content (AvgIpc) is 2.42. The van der Waals surface area contributed by atoms with Gasteiger partial charge >= 0.3 is 0 Å². The minimum atomic E-state index is -0.286. The summed E-state index contributed by atoms with van der Waals surface area (Å²) >= 11 is 3.44. The molecule has 4 heteroatoms. The van der Waals surface area contributed by atoms with Crippen LogP contribution in [-0.4, -0.2) is 4.98 Å². The van der Waals surface area contributed by atoms with Gasteiger partial charge in [-0.25, -0.2) is 4.39 Å². The van der Waals surface area contributed by atoms with Crippen LogP contribution in [0.25, 0.3) is 10.8 Å². The fourth-order valence-corrected chi connectivity index (χ4v) is 2.18. The maximum Gasteiger partial charge on any atom is 0.153 e. The van der Waals surface area contributed by atoms with E-state index in [0.29, 0.717) is 11.5 Å². The Kier molecular flexibility index (Phi) is 3.17. The van der Waals surface area contributed by atoms with Crippen LogP contribution in [0, 0.1) is 5.82 Å². The van der Waals surface area contributed by atoms with Crippen molar-refractivity contribution in [3.8, 4) is 11.5 Å². The van der Waals surface area contributed by atoms with Crippen LogP contribution in [0.3, 0.4) is 0 Å². The summed E-state index contributed by atoms with van der Waals surface area (Å²) < 4.78 is 19.6. The van der Waals surface area contributed by atoms with Gasteiger partial charge in [-0.05, 0) is 36.4 Å². The van der Waals surface area contributed by atoms with Gasteiger partial charge in [0.05, 0.1) is 6.20 Å². The van der Waals surface area contributed by atoms with Gasteiger partial charge < -0.3 is 4.74 Å². The fraction of sp³-hybridized carbons (Fsp3) is 0. The topological polar surface area (TPSA) is 22.1 Å². The quantitative estimate of drug-likeness (QED) is 0.668. The molecule has 3 aromatic rings. The van der Waals surface area contributed by atoms with E-state index in [1.54, 1.807) is 24.5 Å². The van der Waals surface area contributed by atoms with Crippen LogP contribution in [0.2, 0.25) is 0 Å². The molecule has 0 aliphatic heterocycles. The summed E-state index contributed by atoms with van der Waals surface area (Å²) in [7, 11) is 0. The molecule has 0 spiro atoms. The first-order valence-electron chi connectivity index (χ1n) is 5.69. The molecule has 94 valence electrons. The molecule has 0 radical (unpaired) electrons. The number of benzene rings is 2. The monoisotopic (exact) mass is 317 g/mol. The largest absolute Gasteiger partial charge is 0.455 e. The molecule has 0 N–H and O–H groups in total. The van der Waals surface area contributed by atoms with Gasteiger partial charge in [-0.2, -0.15) is 0 Å². The van der Waals surface area contributed by atoms with E-state index in [0.717, 1.165) is 15.2 Å². The average molecular weight is 318 g/mol. The minimum Gasteiger partial charge on any atom is -0.455 e. The van der Waals surface area contributed by atoms with Crippen molar-refractivity contribution in [2.45, 2.75) is 0 Å². The van der Waals surface area contributed by atoms with Crippen LogP contribution in [0.4, 0.5) is 4.39 Å². The maximum absolute atomic E-state index is 12.9. The molecule has 2 aromatic carbocycles. The van der Waals surface area contributed by atoms with Gasteiger partial charge in [-0.1, -0.05) is 22.0 Å². The number of fused-ring (bicyclic) bond motifs is 1. The van der Waals surface area contributed by atoms with Crippen molar-refractivity contribution in [3.63, 3.8) is 0 Å². The highest BCUT2D eigenvalue weighted by Crippen LogP contribution is 2.30. The highest BCUT2D eigenvalue weighted by molar-refractivity contribution is 9.10. The van der Waals surface area contributed by atoms with Gasteiger partial charge in [-0.3, -0.25) is 4.98 Å². The third-order valence-corrected chi connectivity index (χ3v) is 3.22. The van der Waals surface area contributed by atoms with Crippen LogP contribution in [0.1, 0.15) is 0 Å². The standard InChI is InChI=1S/C15H9BrFNO/c16-11-2-1-10-8-18-9-15(14(10)7-11)19-13-5-3-12(17)4-6-13/h1-9H. The first kappa shape index (κ1) is 12.1. The molecule has 0 aliphatic carbocycles. The Bertz CT molecular complexity index is 728. The Labute approximate surface area is 118 Å². The molecule has 0 bridgehead atoms. The van der Waals surface area contributed by atoms with Crippen molar-refractivity contribution in [1.29, 1.82) is 0 Å². The maximum atomic E-state index is 12.9. The van der Waals surface area contributed by atoms with E-state index >= 15 is 0 Å². The minimum absolute atomic E-state index is 0.286. The van der Waals surface area contributed by atoms with Gasteiger partial charge in [0.15, 0.2) is 5.75 Å². The summed E-state index contributed by atoms with van der Waals surface area (Å²) in [6.45, 7) is 0. The molecule has 0 saturated heterocycles. The molecule has 0 aliphatic rings. The number of ether oxygens (including phenoxy) is 1. The van der Waals surface area contributed by atoms with Crippen molar-refractivity contribution in [1.82, 2.24) is 4.98 Å². The SMILES string of the molecule is Fc1ccc(Oc2cncc3ccc(Br)cc23)cc1. The lowest BCUT2D eigenvalue weighted by atomic mass is 10.2. The molecular weight excluding hydrogens is 309 g/mol. The number of halogens is 2. The lowest BCUT2D eigenvalue weighted by Crippen LogP contribution is -1.88. The van der Waals surface area contributed by atoms with E-state index in [2.05, 4.69) is 20.9 Å². The Morgan fingerprint density at radius 3 is 2.58 bits per heavy atom. The van der Waals surface area contributed by atoms with E-state index < -0.39 is 0 Å². The fourth-order valence-electron chi connectivity index (χ4n) is 1.82. The molecule has 0 amide bonds. The first-order valence-corrected chi connectivity index (χ1v) is 6.48. The normalized spacial score (nSPS) is 10.6. The number of rotatable bonds is 2. The van der Waals surface area contributed by atoms with Crippen LogP contribution < -0.4 is 4.74 Å². The molecule has 0 saturated carbocycles. The van der Waals surface area contributed by atoms with Gasteiger partial charge in [0.25, 0.3) is 0 Å². The number of nitrogens with zero attached hydrogens (tertiary/aromatic N) is 1. The lowest BCUT2D eigenvalue weighted by molar-refractivity contribution is 0.484. The van der Waals surface area contributed by atoms with Crippen molar-refractivity contribution >= 4 is 26.7 Å². The summed E-state index contributed by atoms with van der Waals surface area (Å²) in [6, 6.07) is 11.8. The molecular formula is C15H9BrFNO. The number of hydrogen-bond acceptors (Lipinski definition) is 2. The highest BCUT2D eigenvalue weighted by atomic mass is 79.9. The van der Waals surface area contributed by atoms with Crippen LogP contribution in [0.15, 0.2) is 59.3 Å². The molecule has 1 aromatic heterocycles. The molecule has 0 unspecified atom stereocenters. The highest BCUT2D eigenvalue weighted by Gasteiger charge is 2.05. The van der Waals surface area contributed by atoms with E-state index in [1.807, 2.05) is 18.2 Å². The van der Waals surface area contributed by atoms with Gasteiger partial charge in [0.2, 0.25) is 0 Å². The molecule has 2 nitrogen and oxygen atoms in total. The lowest BCUT2D eigenvalue weighted by Gasteiger charge is -2.08. The van der Waals surface area contributed by atoms with E-state index in [-0.39, 0.29) is 5.82 Å². The zero-order chi connectivity index (χ0) is 13.2. The number of hydrogen-bond donors (Lipinski definition) is 0. The summed E-state index contributed by atoms with van der Waals surface area (Å²) in [4.78, 5) is 4.14. The summed E-state index contributed by atoms with van der Waals surface area (Å²) in [5, 5.41) is 1.94. The van der Waals surface area contributed by atoms with E-state index in [1.165, 1.54) is 12.1 Å². The van der Waals surface area contributed by atoms with Gasteiger partial charge in [0, 0.05) is 21.4 Å². The van der Waals surface area contributed by atoms with Gasteiger partial charge in [0.1, 0.15) is 11.6 Å². The van der Waals surface area contributed by atoms with Crippen molar-refractivity contribution < 1.29 is 9.13 Å². The summed E-state index contributed by atoms with van der Waals surface area (Å²) in [5.41, 5.74) is 0. The Morgan fingerprint density at radius 1 is 1.00 bits per heavy atom. The smallest absolute Gasteiger partial charge is 0.153 e. The van der Waals surface area contributed by atoms with Crippen molar-refractivity contribution in [2.24, 2.45) is 0 Å². The summed E-state index contributed by atoms with van der Waals surface area (Å²) in [5.74, 6) is 0.937. The molecule has 1 heterocycles. The zero-order valence-corrected chi connectivity index (χ0v) is 11.4. The Morgan fingerprint density at radius 2 is 1.79 bits per heavy atom. The summed E-state index contributed by atoms with van der Waals surface area (Å²) in [6.07, 6.45) is 3.43. The molecule has 19 heavy (non-hydrogen) atoms. The van der Waals surface area contributed by atoms with Crippen molar-refractivity contribution in [3.05, 3.63) is 65.1 Å². The second kappa shape index (κ2) is 4.97. The second-order valence-corrected chi connectivity index (χ2v) is 4.97. The van der Waals surface area contributed by atoms with Crippen LogP contribution >= 0.6 is 15.9 Å². The molecule has 0 fully saturated rings. The first-order chi connectivity index (χ1) is 9.22. The van der Waals surface area contributed by atoms with Gasteiger partial charge in [-0.15, -0.1) is 0 Å².